The van der Waals surface area contributed by atoms with Gasteiger partial charge in [-0.3, -0.25) is 0 Å². The summed E-state index contributed by atoms with van der Waals surface area (Å²) in [6.45, 7) is 5.28. The minimum Gasteiger partial charge on any atom is -0.462 e. The molecule has 0 aromatic carbocycles. The number of aromatic nitrogens is 1. The molecule has 2 heterocycles. The van der Waals surface area contributed by atoms with Crippen LogP contribution in [0.2, 0.25) is 5.15 Å². The lowest BCUT2D eigenvalue weighted by Crippen LogP contribution is -2.53. The predicted octanol–water partition coefficient (Wildman–Crippen LogP) is 2.11. The number of carbonyl (C=O) groups excluding carboxylic acids is 1. The molecular formula is C12H15ClN2O3. The van der Waals surface area contributed by atoms with Crippen LogP contribution in [0.5, 0.6) is 0 Å². The first-order valence-electron chi connectivity index (χ1n) is 5.73. The fourth-order valence-corrected chi connectivity index (χ4v) is 1.87. The number of esters is 1. The maximum atomic E-state index is 11.8. The first kappa shape index (κ1) is 13.1. The van der Waals surface area contributed by atoms with E-state index in [0.717, 1.165) is 0 Å². The molecule has 2 rings (SSSR count). The number of halogens is 1. The van der Waals surface area contributed by atoms with Crippen LogP contribution in [0.25, 0.3) is 0 Å². The van der Waals surface area contributed by atoms with Crippen molar-refractivity contribution in [2.75, 3.05) is 25.1 Å². The number of pyridine rings is 1. The zero-order chi connectivity index (χ0) is 13.2. The lowest BCUT2D eigenvalue weighted by atomic mass is 9.99. The summed E-state index contributed by atoms with van der Waals surface area (Å²) in [5, 5.41) is 3.58. The highest BCUT2D eigenvalue weighted by Gasteiger charge is 2.34. The molecule has 1 aliphatic rings. The molecule has 0 aliphatic carbocycles. The van der Waals surface area contributed by atoms with E-state index in [-0.39, 0.29) is 5.54 Å². The lowest BCUT2D eigenvalue weighted by molar-refractivity contribution is -0.0318. The zero-order valence-electron chi connectivity index (χ0n) is 10.3. The van der Waals surface area contributed by atoms with Crippen LogP contribution in [0.4, 0.5) is 5.69 Å². The van der Waals surface area contributed by atoms with Gasteiger partial charge in [0.15, 0.2) is 0 Å². The zero-order valence-corrected chi connectivity index (χ0v) is 11.1. The minimum absolute atomic E-state index is 0.175. The molecule has 5 nitrogen and oxygen atoms in total. The maximum Gasteiger partial charge on any atom is 0.341 e. The molecule has 18 heavy (non-hydrogen) atoms. The fraction of sp³-hybridized carbons (Fsp3) is 0.500. The van der Waals surface area contributed by atoms with Gasteiger partial charge in [-0.15, -0.1) is 0 Å². The van der Waals surface area contributed by atoms with Crippen LogP contribution >= 0.6 is 11.6 Å². The number of nitrogens with zero attached hydrogens (tertiary/aromatic N) is 1. The topological polar surface area (TPSA) is 60.5 Å². The van der Waals surface area contributed by atoms with E-state index in [9.17, 15) is 4.79 Å². The molecule has 98 valence electrons. The average molecular weight is 271 g/mol. The lowest BCUT2D eigenvalue weighted by Gasteiger charge is -2.39. The summed E-state index contributed by atoms with van der Waals surface area (Å²) in [5.41, 5.74) is 0.833. The number of nitrogens with one attached hydrogen (secondary N) is 1. The molecule has 6 heteroatoms. The summed E-state index contributed by atoms with van der Waals surface area (Å²) in [6.07, 6.45) is 1.42. The largest absolute Gasteiger partial charge is 0.462 e. The van der Waals surface area contributed by atoms with Crippen LogP contribution in [0.1, 0.15) is 24.2 Å². The average Bonchev–Trinajstić information content (AvgIpc) is 2.27. The van der Waals surface area contributed by atoms with Crippen LogP contribution in [-0.2, 0) is 9.47 Å². The van der Waals surface area contributed by atoms with Crippen LogP contribution in [0, 0.1) is 0 Å². The Morgan fingerprint density at radius 2 is 2.39 bits per heavy atom. The van der Waals surface area contributed by atoms with Gasteiger partial charge < -0.3 is 14.8 Å². The second kappa shape index (κ2) is 5.12. The van der Waals surface area contributed by atoms with Crippen LogP contribution < -0.4 is 5.32 Å². The van der Waals surface area contributed by atoms with E-state index in [1.165, 1.54) is 6.20 Å². The van der Waals surface area contributed by atoms with Crippen molar-refractivity contribution in [2.24, 2.45) is 0 Å². The Morgan fingerprint density at radius 3 is 2.94 bits per heavy atom. The van der Waals surface area contributed by atoms with Gasteiger partial charge in [-0.05, 0) is 19.9 Å². The Hall–Kier alpha value is -1.33. The Balaban J connectivity index is 2.25. The van der Waals surface area contributed by atoms with Crippen molar-refractivity contribution in [1.82, 2.24) is 4.98 Å². The summed E-state index contributed by atoms with van der Waals surface area (Å²) < 4.78 is 10.1. The molecule has 1 aromatic heterocycles. The highest BCUT2D eigenvalue weighted by atomic mass is 35.5. The summed E-state index contributed by atoms with van der Waals surface area (Å²) >= 11 is 5.85. The second-order valence-electron chi connectivity index (χ2n) is 4.45. The van der Waals surface area contributed by atoms with Crippen molar-refractivity contribution in [3.8, 4) is 0 Å². The molecule has 0 unspecified atom stereocenters. The van der Waals surface area contributed by atoms with E-state index in [4.69, 9.17) is 21.1 Å². The van der Waals surface area contributed by atoms with Crippen LogP contribution in [0.15, 0.2) is 12.3 Å². The van der Waals surface area contributed by atoms with E-state index >= 15 is 0 Å². The van der Waals surface area contributed by atoms with Crippen LogP contribution in [0.3, 0.4) is 0 Å². The van der Waals surface area contributed by atoms with Crippen molar-refractivity contribution in [1.29, 1.82) is 0 Å². The van der Waals surface area contributed by atoms with Crippen LogP contribution in [-0.4, -0.2) is 36.3 Å². The maximum absolute atomic E-state index is 11.8. The Bertz CT molecular complexity index is 461. The normalized spacial score (nSPS) is 16.8. The summed E-state index contributed by atoms with van der Waals surface area (Å²) in [7, 11) is 0. The van der Waals surface area contributed by atoms with Crippen molar-refractivity contribution in [2.45, 2.75) is 19.4 Å². The monoisotopic (exact) mass is 270 g/mol. The molecule has 0 radical (unpaired) electrons. The van der Waals surface area contributed by atoms with E-state index in [2.05, 4.69) is 10.3 Å². The number of hydrogen-bond donors (Lipinski definition) is 1. The third-order valence-electron chi connectivity index (χ3n) is 2.64. The standard InChI is InChI=1S/C12H15ClN2O3/c1-3-18-11(16)8-5-14-10(13)4-9(8)15-12(2)6-17-7-12/h4-5H,3,6-7H2,1-2H3,(H,14,15). The molecule has 1 N–H and O–H groups in total. The molecule has 0 bridgehead atoms. The highest BCUT2D eigenvalue weighted by molar-refractivity contribution is 6.29. The molecule has 1 aromatic rings. The summed E-state index contributed by atoms with van der Waals surface area (Å²) in [4.78, 5) is 15.7. The minimum atomic E-state index is -0.409. The van der Waals surface area contributed by atoms with Gasteiger partial charge in [0.25, 0.3) is 0 Å². The van der Waals surface area contributed by atoms with Gasteiger partial charge in [0, 0.05) is 6.20 Å². The molecule has 0 amide bonds. The van der Waals surface area contributed by atoms with E-state index in [1.54, 1.807) is 13.0 Å². The van der Waals surface area contributed by atoms with E-state index in [1.807, 2.05) is 6.92 Å². The first-order valence-corrected chi connectivity index (χ1v) is 6.10. The summed E-state index contributed by atoms with van der Waals surface area (Å²) in [5.74, 6) is -0.409. The number of anilines is 1. The molecular weight excluding hydrogens is 256 g/mol. The highest BCUT2D eigenvalue weighted by Crippen LogP contribution is 2.27. The van der Waals surface area contributed by atoms with Crippen molar-refractivity contribution >= 4 is 23.3 Å². The first-order chi connectivity index (χ1) is 8.54. The molecule has 0 spiro atoms. The van der Waals surface area contributed by atoms with Gasteiger partial charge in [-0.2, -0.15) is 0 Å². The van der Waals surface area contributed by atoms with Crippen molar-refractivity contribution in [3.63, 3.8) is 0 Å². The number of rotatable bonds is 4. The third kappa shape index (κ3) is 2.73. The Morgan fingerprint density at radius 1 is 1.67 bits per heavy atom. The molecule has 1 fully saturated rings. The Labute approximate surface area is 110 Å². The number of carbonyl (C=O) groups is 1. The number of hydrogen-bond acceptors (Lipinski definition) is 5. The fourth-order valence-electron chi connectivity index (χ4n) is 1.71. The van der Waals surface area contributed by atoms with Gasteiger partial charge >= 0.3 is 5.97 Å². The molecule has 0 saturated carbocycles. The van der Waals surface area contributed by atoms with Gasteiger partial charge in [-0.25, -0.2) is 9.78 Å². The van der Waals surface area contributed by atoms with Gasteiger partial charge in [0.1, 0.15) is 10.7 Å². The van der Waals surface area contributed by atoms with Crippen molar-refractivity contribution < 1.29 is 14.3 Å². The summed E-state index contributed by atoms with van der Waals surface area (Å²) in [6, 6.07) is 1.62. The molecule has 0 atom stereocenters. The van der Waals surface area contributed by atoms with E-state index in [0.29, 0.717) is 36.2 Å². The number of ether oxygens (including phenoxy) is 2. The molecule has 1 aliphatic heterocycles. The smallest absolute Gasteiger partial charge is 0.341 e. The SMILES string of the molecule is CCOC(=O)c1cnc(Cl)cc1NC1(C)COC1. The van der Waals surface area contributed by atoms with Gasteiger partial charge in [-0.1, -0.05) is 11.6 Å². The quantitative estimate of drug-likeness (QED) is 0.671. The second-order valence-corrected chi connectivity index (χ2v) is 4.84. The molecule has 1 saturated heterocycles. The third-order valence-corrected chi connectivity index (χ3v) is 2.85. The van der Waals surface area contributed by atoms with Crippen molar-refractivity contribution in [3.05, 3.63) is 23.0 Å². The predicted molar refractivity (Wildman–Crippen MR) is 68.1 cm³/mol. The van der Waals surface area contributed by atoms with Gasteiger partial charge in [0.05, 0.1) is 31.0 Å². The van der Waals surface area contributed by atoms with Gasteiger partial charge in [0.2, 0.25) is 0 Å². The Kier molecular flexibility index (Phi) is 3.73. The van der Waals surface area contributed by atoms with E-state index < -0.39 is 5.97 Å².